The maximum atomic E-state index is 13.4. The molecule has 2 rings (SSSR count). The van der Waals surface area contributed by atoms with Crippen molar-refractivity contribution in [1.82, 2.24) is 0 Å². The molecule has 0 aliphatic heterocycles. The molecule has 2 aromatic rings. The summed E-state index contributed by atoms with van der Waals surface area (Å²) >= 11 is 0. The van der Waals surface area contributed by atoms with E-state index < -0.39 is 36.3 Å². The summed E-state index contributed by atoms with van der Waals surface area (Å²) in [6.45, 7) is 3.25. The van der Waals surface area contributed by atoms with Crippen molar-refractivity contribution < 1.29 is 40.6 Å². The van der Waals surface area contributed by atoms with Gasteiger partial charge in [-0.25, -0.2) is 4.79 Å². The third kappa shape index (κ3) is 5.51. The molecule has 9 heteroatoms. The summed E-state index contributed by atoms with van der Waals surface area (Å²) in [6, 6.07) is 13.4. The predicted octanol–water partition coefficient (Wildman–Crippen LogP) is 5.39. The highest BCUT2D eigenvalue weighted by Gasteiger charge is 2.60. The van der Waals surface area contributed by atoms with Crippen molar-refractivity contribution in [2.45, 2.75) is 24.6 Å². The lowest BCUT2D eigenvalue weighted by atomic mass is 10.1. The Morgan fingerprint density at radius 3 is 1.54 bits per heavy atom. The number of esters is 1. The Balaban J connectivity index is 2.32. The molecule has 0 heterocycles. The van der Waals surface area contributed by atoms with Crippen molar-refractivity contribution in [3.63, 3.8) is 0 Å². The number of ether oxygens (including phenoxy) is 2. The SMILES string of the molecule is C=C(OC(C(OC(=O)c1ccccc1)C(F)(F)F)C(F)(F)F)c1ccccc1. The highest BCUT2D eigenvalue weighted by Crippen LogP contribution is 2.37. The van der Waals surface area contributed by atoms with Gasteiger partial charge in [-0.15, -0.1) is 0 Å². The number of carbonyl (C=O) groups excluding carboxylic acids is 1. The minimum Gasteiger partial charge on any atom is -0.477 e. The van der Waals surface area contributed by atoms with E-state index in [0.717, 1.165) is 12.1 Å². The normalized spacial score (nSPS) is 14.1. The Bertz CT molecular complexity index is 730. The topological polar surface area (TPSA) is 35.5 Å². The zero-order valence-electron chi connectivity index (χ0n) is 14.1. The van der Waals surface area contributed by atoms with E-state index in [1.54, 1.807) is 6.07 Å². The van der Waals surface area contributed by atoms with E-state index in [0.29, 0.717) is 0 Å². The van der Waals surface area contributed by atoms with E-state index in [2.05, 4.69) is 16.1 Å². The first-order valence-electron chi connectivity index (χ1n) is 7.80. The smallest absolute Gasteiger partial charge is 0.429 e. The third-order valence-electron chi connectivity index (χ3n) is 3.53. The first-order chi connectivity index (χ1) is 13.0. The number of rotatable bonds is 6. The second-order valence-corrected chi connectivity index (χ2v) is 5.60. The van der Waals surface area contributed by atoms with Crippen LogP contribution in [0.15, 0.2) is 67.2 Å². The molecule has 3 nitrogen and oxygen atoms in total. The van der Waals surface area contributed by atoms with Crippen LogP contribution in [0.25, 0.3) is 5.76 Å². The fourth-order valence-electron chi connectivity index (χ4n) is 2.20. The van der Waals surface area contributed by atoms with Crippen LogP contribution in [0.1, 0.15) is 15.9 Å². The second-order valence-electron chi connectivity index (χ2n) is 5.60. The number of hydrogen-bond donors (Lipinski definition) is 0. The summed E-state index contributed by atoms with van der Waals surface area (Å²) in [5.41, 5.74) is -0.286. The van der Waals surface area contributed by atoms with Gasteiger partial charge in [0.05, 0.1) is 5.56 Å². The lowest BCUT2D eigenvalue weighted by Crippen LogP contribution is -2.51. The fraction of sp³-hybridized carbons (Fsp3) is 0.211. The highest BCUT2D eigenvalue weighted by molar-refractivity contribution is 5.89. The quantitative estimate of drug-likeness (QED) is 0.368. The van der Waals surface area contributed by atoms with Gasteiger partial charge in [0.1, 0.15) is 5.76 Å². The number of carbonyl (C=O) groups is 1. The minimum absolute atomic E-state index is 0.0482. The maximum absolute atomic E-state index is 13.4. The minimum atomic E-state index is -5.54. The molecule has 0 saturated heterocycles. The van der Waals surface area contributed by atoms with Gasteiger partial charge in [0.2, 0.25) is 12.2 Å². The van der Waals surface area contributed by atoms with Gasteiger partial charge in [-0.3, -0.25) is 0 Å². The Morgan fingerprint density at radius 1 is 0.714 bits per heavy atom. The van der Waals surface area contributed by atoms with Gasteiger partial charge in [0.25, 0.3) is 0 Å². The number of alkyl halides is 6. The third-order valence-corrected chi connectivity index (χ3v) is 3.53. The molecule has 28 heavy (non-hydrogen) atoms. The Hall–Kier alpha value is -2.97. The predicted molar refractivity (Wildman–Crippen MR) is 88.1 cm³/mol. The largest absolute Gasteiger partial charge is 0.477 e. The zero-order valence-corrected chi connectivity index (χ0v) is 14.1. The van der Waals surface area contributed by atoms with Gasteiger partial charge >= 0.3 is 18.3 Å². The van der Waals surface area contributed by atoms with Crippen LogP contribution >= 0.6 is 0 Å². The molecule has 0 saturated carbocycles. The maximum Gasteiger partial charge on any atom is 0.429 e. The molecule has 0 aliphatic carbocycles. The first kappa shape index (κ1) is 21.3. The zero-order chi connectivity index (χ0) is 20.9. The highest BCUT2D eigenvalue weighted by atomic mass is 19.4. The summed E-state index contributed by atoms with van der Waals surface area (Å²) < 4.78 is 88.8. The molecule has 0 N–H and O–H groups in total. The Morgan fingerprint density at radius 2 is 1.11 bits per heavy atom. The summed E-state index contributed by atoms with van der Waals surface area (Å²) in [5.74, 6) is -2.21. The van der Waals surface area contributed by atoms with Gasteiger partial charge in [-0.2, -0.15) is 26.3 Å². The molecule has 2 atom stereocenters. The molecule has 0 spiro atoms. The van der Waals surface area contributed by atoms with Gasteiger partial charge in [0.15, 0.2) is 0 Å². The van der Waals surface area contributed by atoms with Crippen LogP contribution in [0, 0.1) is 0 Å². The second kappa shape index (κ2) is 8.37. The van der Waals surface area contributed by atoms with Gasteiger partial charge in [-0.05, 0) is 12.1 Å². The number of hydrogen-bond acceptors (Lipinski definition) is 3. The fourth-order valence-corrected chi connectivity index (χ4v) is 2.20. The molecule has 150 valence electrons. The van der Waals surface area contributed by atoms with Gasteiger partial charge < -0.3 is 9.47 Å². The van der Waals surface area contributed by atoms with Crippen molar-refractivity contribution >= 4 is 11.7 Å². The van der Waals surface area contributed by atoms with Crippen molar-refractivity contribution in [2.75, 3.05) is 0 Å². The average Bonchev–Trinajstić information content (AvgIpc) is 2.63. The number of benzene rings is 2. The average molecular weight is 404 g/mol. The number of halogens is 6. The monoisotopic (exact) mass is 404 g/mol. The van der Waals surface area contributed by atoms with Crippen LogP contribution in [-0.2, 0) is 9.47 Å². The van der Waals surface area contributed by atoms with Crippen LogP contribution in [0.5, 0.6) is 0 Å². The van der Waals surface area contributed by atoms with Crippen molar-refractivity contribution in [3.05, 3.63) is 78.4 Å². The lowest BCUT2D eigenvalue weighted by molar-refractivity contribution is -0.290. The van der Waals surface area contributed by atoms with Crippen molar-refractivity contribution in [2.24, 2.45) is 0 Å². The molecule has 0 bridgehead atoms. The molecule has 0 aromatic heterocycles. The summed E-state index contributed by atoms with van der Waals surface area (Å²) in [6.07, 6.45) is -18.1. The van der Waals surface area contributed by atoms with E-state index in [-0.39, 0.29) is 11.1 Å². The van der Waals surface area contributed by atoms with E-state index in [1.807, 2.05) is 0 Å². The Kier molecular flexibility index (Phi) is 6.37. The summed E-state index contributed by atoms with van der Waals surface area (Å²) in [4.78, 5) is 11.9. The molecule has 0 fully saturated rings. The Labute approximate surface area is 156 Å². The van der Waals surface area contributed by atoms with Crippen molar-refractivity contribution in [1.29, 1.82) is 0 Å². The molecule has 0 radical (unpaired) electrons. The van der Waals surface area contributed by atoms with E-state index >= 15 is 0 Å². The van der Waals surface area contributed by atoms with E-state index in [1.165, 1.54) is 42.5 Å². The summed E-state index contributed by atoms with van der Waals surface area (Å²) in [5, 5.41) is 0. The van der Waals surface area contributed by atoms with E-state index in [9.17, 15) is 31.1 Å². The molecular formula is C19H14F6O3. The van der Waals surface area contributed by atoms with Crippen LogP contribution in [0.3, 0.4) is 0 Å². The first-order valence-corrected chi connectivity index (χ1v) is 7.80. The molecule has 0 amide bonds. The lowest BCUT2D eigenvalue weighted by Gasteiger charge is -2.31. The standard InChI is InChI=1S/C19H14F6O3/c1-12(13-8-4-2-5-9-13)27-15(18(20,21)22)16(19(23,24)25)28-17(26)14-10-6-3-7-11-14/h2-11,15-16H,1H2. The molecular weight excluding hydrogens is 390 g/mol. The van der Waals surface area contributed by atoms with Crippen molar-refractivity contribution in [3.8, 4) is 0 Å². The van der Waals surface area contributed by atoms with Crippen LogP contribution in [0.2, 0.25) is 0 Å². The molecule has 2 aromatic carbocycles. The van der Waals surface area contributed by atoms with Crippen LogP contribution in [-0.4, -0.2) is 30.5 Å². The van der Waals surface area contributed by atoms with Crippen LogP contribution in [0.4, 0.5) is 26.3 Å². The summed E-state index contributed by atoms with van der Waals surface area (Å²) in [7, 11) is 0. The van der Waals surface area contributed by atoms with Gasteiger partial charge in [-0.1, -0.05) is 55.1 Å². The van der Waals surface area contributed by atoms with Gasteiger partial charge in [0, 0.05) is 5.56 Å². The molecule has 0 aliphatic rings. The van der Waals surface area contributed by atoms with Crippen LogP contribution < -0.4 is 0 Å². The molecule has 2 unspecified atom stereocenters. The van der Waals surface area contributed by atoms with E-state index in [4.69, 9.17) is 0 Å².